The normalized spacial score (nSPS) is 15.4. The summed E-state index contributed by atoms with van der Waals surface area (Å²) in [5, 5.41) is 0. The summed E-state index contributed by atoms with van der Waals surface area (Å²) in [7, 11) is 1.37. The number of methoxy groups -OCH3 is 1. The number of ether oxygens (including phenoxy) is 1. The minimum Gasteiger partial charge on any atom is -0.469 e. The van der Waals surface area contributed by atoms with Crippen molar-refractivity contribution in [3.63, 3.8) is 0 Å². The molecule has 0 aliphatic heterocycles. The van der Waals surface area contributed by atoms with Gasteiger partial charge < -0.3 is 9.64 Å². The first-order valence-corrected chi connectivity index (χ1v) is 7.95. The molecule has 0 aromatic heterocycles. The zero-order valence-electron chi connectivity index (χ0n) is 12.4. The second-order valence-corrected chi connectivity index (χ2v) is 6.22. The predicted octanol–water partition coefficient (Wildman–Crippen LogP) is 2.89. The van der Waals surface area contributed by atoms with Gasteiger partial charge in [-0.15, -0.1) is 0 Å². The Morgan fingerprint density at radius 1 is 1.29 bits per heavy atom. The molecule has 0 atom stereocenters. The summed E-state index contributed by atoms with van der Waals surface area (Å²) in [6.45, 7) is 2.96. The van der Waals surface area contributed by atoms with Crippen molar-refractivity contribution in [3.8, 4) is 0 Å². The summed E-state index contributed by atoms with van der Waals surface area (Å²) in [5.41, 5.74) is 0.680. The van der Waals surface area contributed by atoms with E-state index in [9.17, 15) is 9.59 Å². The molecular weight excluding hydrogens is 334 g/mol. The van der Waals surface area contributed by atoms with E-state index < -0.39 is 0 Å². The van der Waals surface area contributed by atoms with Gasteiger partial charge in [-0.3, -0.25) is 9.59 Å². The lowest BCUT2D eigenvalue weighted by Crippen LogP contribution is -2.40. The number of nitrogens with zero attached hydrogens (tertiary/aromatic N) is 1. The van der Waals surface area contributed by atoms with Crippen LogP contribution in [0.3, 0.4) is 0 Å². The lowest BCUT2D eigenvalue weighted by atomic mass is 9.94. The number of halogens is 1. The van der Waals surface area contributed by atoms with Gasteiger partial charge in [0, 0.05) is 17.6 Å². The molecule has 21 heavy (non-hydrogen) atoms. The van der Waals surface area contributed by atoms with E-state index in [0.717, 1.165) is 22.9 Å². The third-order valence-electron chi connectivity index (χ3n) is 4.04. The van der Waals surface area contributed by atoms with Crippen molar-refractivity contribution < 1.29 is 14.3 Å². The summed E-state index contributed by atoms with van der Waals surface area (Å²) in [6, 6.07) is 7.94. The van der Waals surface area contributed by atoms with Crippen LogP contribution in [0, 0.1) is 0 Å². The van der Waals surface area contributed by atoms with E-state index in [-0.39, 0.29) is 23.7 Å². The number of hydrogen-bond donors (Lipinski definition) is 0. The van der Waals surface area contributed by atoms with E-state index in [4.69, 9.17) is 0 Å². The summed E-state index contributed by atoms with van der Waals surface area (Å²) in [5.74, 6) is -0.161. The lowest BCUT2D eigenvalue weighted by Gasteiger charge is -2.26. The highest BCUT2D eigenvalue weighted by Gasteiger charge is 2.52. The Morgan fingerprint density at radius 3 is 2.38 bits per heavy atom. The molecule has 0 spiro atoms. The van der Waals surface area contributed by atoms with E-state index in [1.54, 1.807) is 4.90 Å². The van der Waals surface area contributed by atoms with Crippen LogP contribution in [0.2, 0.25) is 0 Å². The second-order valence-electron chi connectivity index (χ2n) is 5.30. The van der Waals surface area contributed by atoms with Gasteiger partial charge in [0.2, 0.25) is 5.91 Å². The average Bonchev–Trinajstić information content (AvgIpc) is 3.29. The van der Waals surface area contributed by atoms with Crippen molar-refractivity contribution in [2.75, 3.05) is 20.2 Å². The molecule has 1 aliphatic rings. The molecule has 0 bridgehead atoms. The summed E-state index contributed by atoms with van der Waals surface area (Å²) in [4.78, 5) is 25.8. The summed E-state index contributed by atoms with van der Waals surface area (Å²) < 4.78 is 5.65. The molecule has 1 saturated carbocycles. The second kappa shape index (κ2) is 6.60. The molecule has 1 aromatic rings. The highest BCUT2D eigenvalue weighted by atomic mass is 79.9. The van der Waals surface area contributed by atoms with E-state index >= 15 is 0 Å². The van der Waals surface area contributed by atoms with Crippen molar-refractivity contribution >= 4 is 27.8 Å². The van der Waals surface area contributed by atoms with Crippen molar-refractivity contribution in [1.82, 2.24) is 4.90 Å². The Balaban J connectivity index is 2.09. The number of rotatable bonds is 6. The molecule has 1 fully saturated rings. The van der Waals surface area contributed by atoms with Crippen LogP contribution in [-0.4, -0.2) is 37.0 Å². The number of likely N-dealkylation sites (N-methyl/N-ethyl adjacent to an activating group) is 1. The van der Waals surface area contributed by atoms with Crippen LogP contribution < -0.4 is 0 Å². The van der Waals surface area contributed by atoms with Gasteiger partial charge in [0.1, 0.15) is 0 Å². The molecule has 0 radical (unpaired) electrons. The average molecular weight is 354 g/mol. The Bertz CT molecular complexity index is 523. The molecule has 1 aliphatic carbocycles. The van der Waals surface area contributed by atoms with Gasteiger partial charge in [-0.05, 0) is 37.5 Å². The lowest BCUT2D eigenvalue weighted by molar-refractivity contribution is -0.142. The maximum Gasteiger partial charge on any atom is 0.307 e. The van der Waals surface area contributed by atoms with Gasteiger partial charge in [0.25, 0.3) is 0 Å². The molecule has 5 heteroatoms. The largest absolute Gasteiger partial charge is 0.469 e. The molecular formula is C16H20BrNO3. The SMILES string of the molecule is CCN(CCC(=O)OC)C(=O)C1(c2ccc(Br)cc2)CC1. The fourth-order valence-corrected chi connectivity index (χ4v) is 2.82. The van der Waals surface area contributed by atoms with Crippen molar-refractivity contribution in [3.05, 3.63) is 34.3 Å². The zero-order valence-corrected chi connectivity index (χ0v) is 14.0. The molecule has 1 amide bonds. The van der Waals surface area contributed by atoms with Crippen LogP contribution in [-0.2, 0) is 19.7 Å². The molecule has 114 valence electrons. The third-order valence-corrected chi connectivity index (χ3v) is 4.57. The van der Waals surface area contributed by atoms with Gasteiger partial charge in [-0.25, -0.2) is 0 Å². The van der Waals surface area contributed by atoms with Crippen LogP contribution >= 0.6 is 15.9 Å². The highest BCUT2D eigenvalue weighted by Crippen LogP contribution is 2.49. The Hall–Kier alpha value is -1.36. The van der Waals surface area contributed by atoms with Crippen LogP contribution in [0.15, 0.2) is 28.7 Å². The quantitative estimate of drug-likeness (QED) is 0.738. The van der Waals surface area contributed by atoms with Crippen molar-refractivity contribution in [2.24, 2.45) is 0 Å². The van der Waals surface area contributed by atoms with Gasteiger partial charge >= 0.3 is 5.97 Å². The number of esters is 1. The number of carbonyl (C=O) groups excluding carboxylic acids is 2. The Labute approximate surface area is 133 Å². The van der Waals surface area contributed by atoms with Crippen LogP contribution in [0.1, 0.15) is 31.7 Å². The van der Waals surface area contributed by atoms with Gasteiger partial charge in [0.05, 0.1) is 18.9 Å². The maximum atomic E-state index is 12.8. The number of amides is 1. The van der Waals surface area contributed by atoms with Crippen LogP contribution in [0.5, 0.6) is 0 Å². The summed E-state index contributed by atoms with van der Waals surface area (Å²) >= 11 is 3.41. The maximum absolute atomic E-state index is 12.8. The predicted molar refractivity (Wildman–Crippen MR) is 83.9 cm³/mol. The first kappa shape index (κ1) is 16.0. The van der Waals surface area contributed by atoms with Crippen LogP contribution in [0.4, 0.5) is 0 Å². The molecule has 0 N–H and O–H groups in total. The first-order valence-electron chi connectivity index (χ1n) is 7.15. The fraction of sp³-hybridized carbons (Fsp3) is 0.500. The van der Waals surface area contributed by atoms with Gasteiger partial charge in [-0.2, -0.15) is 0 Å². The number of hydrogen-bond acceptors (Lipinski definition) is 3. The minimum absolute atomic E-state index is 0.122. The Kier molecular flexibility index (Phi) is 5.04. The highest BCUT2D eigenvalue weighted by molar-refractivity contribution is 9.10. The topological polar surface area (TPSA) is 46.6 Å². The smallest absolute Gasteiger partial charge is 0.307 e. The Morgan fingerprint density at radius 2 is 1.90 bits per heavy atom. The molecule has 0 saturated heterocycles. The molecule has 0 heterocycles. The number of carbonyl (C=O) groups is 2. The fourth-order valence-electron chi connectivity index (χ4n) is 2.55. The third kappa shape index (κ3) is 3.46. The van der Waals surface area contributed by atoms with E-state index in [0.29, 0.717) is 13.1 Å². The molecule has 0 unspecified atom stereocenters. The number of benzene rings is 1. The van der Waals surface area contributed by atoms with Gasteiger partial charge in [0.15, 0.2) is 0 Å². The van der Waals surface area contributed by atoms with Crippen molar-refractivity contribution in [2.45, 2.75) is 31.6 Å². The van der Waals surface area contributed by atoms with Crippen LogP contribution in [0.25, 0.3) is 0 Å². The molecule has 2 rings (SSSR count). The van der Waals surface area contributed by atoms with Crippen molar-refractivity contribution in [1.29, 1.82) is 0 Å². The van der Waals surface area contributed by atoms with Gasteiger partial charge in [-0.1, -0.05) is 28.1 Å². The molecule has 1 aromatic carbocycles. The zero-order chi connectivity index (χ0) is 15.5. The molecule has 4 nitrogen and oxygen atoms in total. The monoisotopic (exact) mass is 353 g/mol. The minimum atomic E-state index is -0.382. The standard InChI is InChI=1S/C16H20BrNO3/c1-3-18(11-8-14(19)21-2)15(20)16(9-10-16)12-4-6-13(17)7-5-12/h4-7H,3,8-11H2,1-2H3. The summed E-state index contributed by atoms with van der Waals surface area (Å²) in [6.07, 6.45) is 2.00. The van der Waals surface area contributed by atoms with E-state index in [1.165, 1.54) is 7.11 Å². The first-order chi connectivity index (χ1) is 10.0. The van der Waals surface area contributed by atoms with E-state index in [1.807, 2.05) is 31.2 Å². The van der Waals surface area contributed by atoms with E-state index in [2.05, 4.69) is 20.7 Å².